The number of rotatable bonds is 5. The molecule has 8 rings (SSSR count). The van der Waals surface area contributed by atoms with Gasteiger partial charge in [-0.15, -0.1) is 11.3 Å². The van der Waals surface area contributed by atoms with Gasteiger partial charge in [-0.1, -0.05) is 12.1 Å². The number of carboxylic acids is 1. The van der Waals surface area contributed by atoms with Crippen molar-refractivity contribution in [1.29, 1.82) is 0 Å². The summed E-state index contributed by atoms with van der Waals surface area (Å²) in [6.45, 7) is 4.14. The minimum absolute atomic E-state index is 0.420. The Morgan fingerprint density at radius 2 is 1.68 bits per heavy atom. The molecule has 2 heterocycles. The highest BCUT2D eigenvalue weighted by Gasteiger charge is 2.51. The zero-order valence-electron chi connectivity index (χ0n) is 21.9. The third-order valence-corrected chi connectivity index (χ3v) is 11.2. The molecule has 4 fully saturated rings. The highest BCUT2D eigenvalue weighted by Crippen LogP contribution is 2.60. The first-order valence-electron chi connectivity index (χ1n) is 14.1. The Kier molecular flexibility index (Phi) is 5.51. The minimum atomic E-state index is -0.809. The molecule has 4 saturated carbocycles. The van der Waals surface area contributed by atoms with Crippen LogP contribution in [-0.4, -0.2) is 21.9 Å². The van der Waals surface area contributed by atoms with Crippen LogP contribution in [0.5, 0.6) is 0 Å². The zero-order chi connectivity index (χ0) is 25.3. The second-order valence-corrected chi connectivity index (χ2v) is 13.4. The van der Waals surface area contributed by atoms with Crippen LogP contribution in [0, 0.1) is 31.6 Å². The molecule has 5 heteroatoms. The Labute approximate surface area is 223 Å². The molecule has 5 aliphatic rings. The van der Waals surface area contributed by atoms with Crippen molar-refractivity contribution in [3.8, 4) is 5.00 Å². The van der Waals surface area contributed by atoms with E-state index in [9.17, 15) is 9.90 Å². The van der Waals surface area contributed by atoms with E-state index in [2.05, 4.69) is 48.7 Å². The van der Waals surface area contributed by atoms with E-state index in [1.54, 1.807) is 11.3 Å². The topological polar surface area (TPSA) is 54.6 Å². The number of benzene rings is 1. The number of aliphatic imine (C=N–C) groups is 1. The zero-order valence-corrected chi connectivity index (χ0v) is 22.7. The normalized spacial score (nSPS) is 28.2. The predicted octanol–water partition coefficient (Wildman–Crippen LogP) is 7.95. The number of aryl methyl sites for hydroxylation is 2. The van der Waals surface area contributed by atoms with Gasteiger partial charge in [0, 0.05) is 28.0 Å². The highest BCUT2D eigenvalue weighted by molar-refractivity contribution is 7.15. The van der Waals surface area contributed by atoms with Gasteiger partial charge in [-0.2, -0.15) is 0 Å². The van der Waals surface area contributed by atoms with Crippen LogP contribution in [0.1, 0.15) is 94.7 Å². The van der Waals surface area contributed by atoms with E-state index >= 15 is 0 Å². The lowest BCUT2D eigenvalue weighted by Gasteiger charge is -2.57. The summed E-state index contributed by atoms with van der Waals surface area (Å²) in [5.74, 6) is 2.05. The number of carboxylic acid groups (broad SMARTS) is 1. The molecule has 0 aliphatic heterocycles. The molecule has 3 aromatic rings. The van der Waals surface area contributed by atoms with E-state index in [0.29, 0.717) is 11.0 Å². The number of thiophene rings is 1. The van der Waals surface area contributed by atoms with Crippen LogP contribution in [-0.2, 0) is 18.3 Å². The summed E-state index contributed by atoms with van der Waals surface area (Å²) in [4.78, 5) is 18.4. The van der Waals surface area contributed by atoms with Crippen molar-refractivity contribution in [1.82, 2.24) is 4.57 Å². The number of nitrogens with zero attached hydrogens (tertiary/aromatic N) is 2. The molecule has 2 aromatic heterocycles. The van der Waals surface area contributed by atoms with Crippen LogP contribution in [0.4, 0.5) is 5.69 Å². The van der Waals surface area contributed by atoms with E-state index < -0.39 is 5.97 Å². The van der Waals surface area contributed by atoms with Crippen molar-refractivity contribution in [2.75, 3.05) is 0 Å². The third kappa shape index (κ3) is 3.84. The maximum absolute atomic E-state index is 12.3. The number of aromatic carboxylic acids is 1. The molecule has 1 N–H and O–H groups in total. The Morgan fingerprint density at radius 3 is 2.32 bits per heavy atom. The maximum Gasteiger partial charge on any atom is 0.339 e. The van der Waals surface area contributed by atoms with E-state index in [-0.39, 0.29) is 0 Å². The van der Waals surface area contributed by atoms with E-state index in [0.717, 1.165) is 76.6 Å². The number of fused-ring (bicyclic) bond motifs is 1. The summed E-state index contributed by atoms with van der Waals surface area (Å²) in [5.41, 5.74) is 7.65. The van der Waals surface area contributed by atoms with Crippen molar-refractivity contribution >= 4 is 29.2 Å². The summed E-state index contributed by atoms with van der Waals surface area (Å²) >= 11 is 1.66. The third-order valence-electron chi connectivity index (χ3n) is 9.91. The molecule has 4 bridgehead atoms. The summed E-state index contributed by atoms with van der Waals surface area (Å²) in [6.07, 6.45) is 14.6. The SMILES string of the molecule is Cc1cc(C=Nc2ccc(C34CC5CC(CC(C5)C3)C4)cc2)c(C)n1-c1sc2c(c1C(=O)O)CCCC2. The second kappa shape index (κ2) is 8.69. The summed E-state index contributed by atoms with van der Waals surface area (Å²) in [5, 5.41) is 10.9. The average molecular weight is 513 g/mol. The van der Waals surface area contributed by atoms with Crippen molar-refractivity contribution in [3.63, 3.8) is 0 Å². The monoisotopic (exact) mass is 512 g/mol. The molecular weight excluding hydrogens is 476 g/mol. The van der Waals surface area contributed by atoms with Crippen molar-refractivity contribution in [3.05, 3.63) is 68.9 Å². The molecule has 0 radical (unpaired) electrons. The maximum atomic E-state index is 12.3. The molecule has 1 aromatic carbocycles. The molecule has 0 spiro atoms. The van der Waals surface area contributed by atoms with Crippen molar-refractivity contribution < 1.29 is 9.90 Å². The predicted molar refractivity (Wildman–Crippen MR) is 150 cm³/mol. The Balaban J connectivity index is 1.16. The van der Waals surface area contributed by atoms with Gasteiger partial charge in [0.2, 0.25) is 0 Å². The first kappa shape index (κ1) is 23.5. The summed E-state index contributed by atoms with van der Waals surface area (Å²) in [6, 6.07) is 11.2. The number of hydrogen-bond acceptors (Lipinski definition) is 3. The van der Waals surface area contributed by atoms with Gasteiger partial charge in [0.05, 0.1) is 11.3 Å². The molecule has 0 amide bonds. The lowest BCUT2D eigenvalue weighted by molar-refractivity contribution is -0.00518. The molecule has 192 valence electrons. The van der Waals surface area contributed by atoms with Gasteiger partial charge in [-0.05, 0) is 131 Å². The van der Waals surface area contributed by atoms with Gasteiger partial charge in [-0.3, -0.25) is 4.99 Å². The van der Waals surface area contributed by atoms with E-state index in [4.69, 9.17) is 4.99 Å². The quantitative estimate of drug-likeness (QED) is 0.353. The first-order valence-corrected chi connectivity index (χ1v) is 14.9. The van der Waals surface area contributed by atoms with Crippen LogP contribution >= 0.6 is 11.3 Å². The van der Waals surface area contributed by atoms with Crippen LogP contribution in [0.2, 0.25) is 0 Å². The minimum Gasteiger partial charge on any atom is -0.478 e. The van der Waals surface area contributed by atoms with Crippen LogP contribution in [0.25, 0.3) is 5.00 Å². The lowest BCUT2D eigenvalue weighted by atomic mass is 9.48. The van der Waals surface area contributed by atoms with Crippen LogP contribution < -0.4 is 0 Å². The molecule has 0 atom stereocenters. The average Bonchev–Trinajstić information content (AvgIpc) is 3.38. The fourth-order valence-corrected chi connectivity index (χ4v) is 10.2. The van der Waals surface area contributed by atoms with Gasteiger partial charge in [-0.25, -0.2) is 4.79 Å². The van der Waals surface area contributed by atoms with Gasteiger partial charge < -0.3 is 9.67 Å². The van der Waals surface area contributed by atoms with E-state index in [1.165, 1.54) is 49.0 Å². The van der Waals surface area contributed by atoms with Crippen molar-refractivity contribution in [2.24, 2.45) is 22.7 Å². The molecule has 4 nitrogen and oxygen atoms in total. The standard InChI is InChI=1S/C32H36N2O2S/c1-19-11-24(20(2)34(19)30-29(31(35)36)27-5-3-4-6-28(27)37-30)18-33-26-9-7-25(8-10-26)32-15-21-12-22(16-32)14-23(13-21)17-32/h7-11,18,21-23H,3-6,12-17H2,1-2H3,(H,35,36). The molecule has 37 heavy (non-hydrogen) atoms. The summed E-state index contributed by atoms with van der Waals surface area (Å²) < 4.78 is 2.13. The van der Waals surface area contributed by atoms with Gasteiger partial charge >= 0.3 is 5.97 Å². The Morgan fingerprint density at radius 1 is 1.03 bits per heavy atom. The number of carbonyl (C=O) groups is 1. The fourth-order valence-electron chi connectivity index (χ4n) is 8.67. The van der Waals surface area contributed by atoms with Gasteiger partial charge in [0.15, 0.2) is 0 Å². The van der Waals surface area contributed by atoms with E-state index in [1.807, 2.05) is 6.21 Å². The highest BCUT2D eigenvalue weighted by atomic mass is 32.1. The molecule has 0 saturated heterocycles. The smallest absolute Gasteiger partial charge is 0.339 e. The van der Waals surface area contributed by atoms with Gasteiger partial charge in [0.25, 0.3) is 0 Å². The molecular formula is C32H36N2O2S. The number of hydrogen-bond donors (Lipinski definition) is 1. The number of aromatic nitrogens is 1. The molecule has 5 aliphatic carbocycles. The lowest BCUT2D eigenvalue weighted by Crippen LogP contribution is -2.48. The largest absolute Gasteiger partial charge is 0.478 e. The Hall–Kier alpha value is -2.66. The second-order valence-electron chi connectivity index (χ2n) is 12.4. The van der Waals surface area contributed by atoms with Crippen LogP contribution in [0.15, 0.2) is 35.3 Å². The van der Waals surface area contributed by atoms with Crippen molar-refractivity contribution in [2.45, 2.75) is 83.5 Å². The Bertz CT molecular complexity index is 1370. The molecule has 0 unspecified atom stereocenters. The first-order chi connectivity index (χ1) is 17.9. The van der Waals surface area contributed by atoms with Crippen LogP contribution in [0.3, 0.4) is 0 Å². The van der Waals surface area contributed by atoms with Gasteiger partial charge in [0.1, 0.15) is 5.00 Å². The summed E-state index contributed by atoms with van der Waals surface area (Å²) in [7, 11) is 0. The fraction of sp³-hybridized carbons (Fsp3) is 0.500.